The van der Waals surface area contributed by atoms with Crippen LogP contribution in [0.25, 0.3) is 10.1 Å². The average Bonchev–Trinajstić information content (AvgIpc) is 3.02. The number of methoxy groups -OCH3 is 2. The number of aromatic nitrogens is 1. The fourth-order valence-corrected chi connectivity index (χ4v) is 2.37. The van der Waals surface area contributed by atoms with E-state index in [-0.39, 0.29) is 5.56 Å². The summed E-state index contributed by atoms with van der Waals surface area (Å²) in [7, 11) is 3.11. The Hall–Kier alpha value is -2.47. The molecule has 0 aliphatic rings. The molecule has 0 bridgehead atoms. The van der Waals surface area contributed by atoms with E-state index in [0.717, 1.165) is 5.75 Å². The number of benzene rings is 2. The van der Waals surface area contributed by atoms with Crippen molar-refractivity contribution < 1.29 is 18.7 Å². The largest absolute Gasteiger partial charge is 0.497 e. The molecule has 3 rings (SSSR count). The molecule has 4 nitrogen and oxygen atoms in total. The van der Waals surface area contributed by atoms with Gasteiger partial charge in [0.2, 0.25) is 0 Å². The van der Waals surface area contributed by atoms with Gasteiger partial charge in [-0.25, -0.2) is 4.39 Å². The van der Waals surface area contributed by atoms with E-state index in [0.29, 0.717) is 12.0 Å². The van der Waals surface area contributed by atoms with Crippen molar-refractivity contribution in [1.29, 1.82) is 0 Å². The van der Waals surface area contributed by atoms with Crippen molar-refractivity contribution in [3.8, 4) is 11.5 Å². The number of carbonyl (C=O) groups is 1. The minimum Gasteiger partial charge on any atom is -0.497 e. The first-order valence-corrected chi connectivity index (χ1v) is 7.12. The Bertz CT molecular complexity index is 773. The molecule has 0 N–H and O–H groups in total. The van der Waals surface area contributed by atoms with E-state index in [2.05, 4.69) is 4.37 Å². The second kappa shape index (κ2) is 7.51. The summed E-state index contributed by atoms with van der Waals surface area (Å²) in [6.07, 6.45) is 2.33. The number of hydrogen-bond donors (Lipinski definition) is 0. The van der Waals surface area contributed by atoms with Crippen molar-refractivity contribution in [1.82, 2.24) is 4.37 Å². The van der Waals surface area contributed by atoms with Crippen molar-refractivity contribution in [2.45, 2.75) is 0 Å². The lowest BCUT2D eigenvalue weighted by atomic mass is 10.2. The Labute approximate surface area is 131 Å². The van der Waals surface area contributed by atoms with E-state index in [1.807, 2.05) is 24.4 Å². The Morgan fingerprint density at radius 1 is 1.09 bits per heavy atom. The zero-order valence-corrected chi connectivity index (χ0v) is 12.9. The van der Waals surface area contributed by atoms with Crippen LogP contribution >= 0.6 is 11.5 Å². The highest BCUT2D eigenvalue weighted by atomic mass is 32.1. The SMILES string of the molecule is COc1ccc(C=O)c(F)c1.COc1ccc2cnsc2c1. The molecule has 0 radical (unpaired) electrons. The summed E-state index contributed by atoms with van der Waals surface area (Å²) in [5.41, 5.74) is 0.0470. The van der Waals surface area contributed by atoms with E-state index in [9.17, 15) is 9.18 Å². The van der Waals surface area contributed by atoms with Gasteiger partial charge in [-0.2, -0.15) is 4.37 Å². The summed E-state index contributed by atoms with van der Waals surface area (Å²) < 4.78 is 27.8. The Morgan fingerprint density at radius 3 is 2.41 bits per heavy atom. The van der Waals surface area contributed by atoms with Crippen LogP contribution in [0.15, 0.2) is 42.6 Å². The molecule has 0 fully saturated rings. The van der Waals surface area contributed by atoms with E-state index in [1.54, 1.807) is 7.11 Å². The predicted molar refractivity (Wildman–Crippen MR) is 84.5 cm³/mol. The third-order valence-corrected chi connectivity index (χ3v) is 3.66. The Morgan fingerprint density at radius 2 is 1.77 bits per heavy atom. The molecule has 0 spiro atoms. The van der Waals surface area contributed by atoms with Gasteiger partial charge in [0.05, 0.1) is 24.5 Å². The third-order valence-electron chi connectivity index (χ3n) is 2.90. The van der Waals surface area contributed by atoms with Gasteiger partial charge in [-0.05, 0) is 41.9 Å². The van der Waals surface area contributed by atoms with E-state index < -0.39 is 5.82 Å². The van der Waals surface area contributed by atoms with E-state index in [4.69, 9.17) is 9.47 Å². The number of aldehydes is 1. The molecule has 0 saturated carbocycles. The molecule has 0 atom stereocenters. The molecule has 0 aliphatic heterocycles. The lowest BCUT2D eigenvalue weighted by Gasteiger charge is -1.99. The molecule has 3 aromatic rings. The van der Waals surface area contributed by atoms with Crippen molar-refractivity contribution in [3.63, 3.8) is 0 Å². The van der Waals surface area contributed by atoms with Crippen LogP contribution in [0.2, 0.25) is 0 Å². The first-order valence-electron chi connectivity index (χ1n) is 6.35. The van der Waals surface area contributed by atoms with Crippen LogP contribution in [-0.2, 0) is 0 Å². The van der Waals surface area contributed by atoms with Gasteiger partial charge in [-0.15, -0.1) is 0 Å². The van der Waals surface area contributed by atoms with Crippen LogP contribution in [0, 0.1) is 5.82 Å². The third kappa shape index (κ3) is 3.79. The molecular formula is C16H14FNO3S. The van der Waals surface area contributed by atoms with Crippen LogP contribution in [0.4, 0.5) is 4.39 Å². The van der Waals surface area contributed by atoms with Gasteiger partial charge < -0.3 is 9.47 Å². The maximum Gasteiger partial charge on any atom is 0.152 e. The van der Waals surface area contributed by atoms with Crippen LogP contribution in [-0.4, -0.2) is 24.9 Å². The number of rotatable bonds is 3. The number of halogens is 1. The second-order valence-electron chi connectivity index (χ2n) is 4.23. The summed E-state index contributed by atoms with van der Waals surface area (Å²) in [4.78, 5) is 10.1. The Kier molecular flexibility index (Phi) is 5.43. The lowest BCUT2D eigenvalue weighted by Crippen LogP contribution is -1.89. The summed E-state index contributed by atoms with van der Waals surface area (Å²) in [5.74, 6) is 0.745. The van der Waals surface area contributed by atoms with Crippen LogP contribution in [0.1, 0.15) is 10.4 Å². The summed E-state index contributed by atoms with van der Waals surface area (Å²) in [6.45, 7) is 0. The van der Waals surface area contributed by atoms with Crippen molar-refractivity contribution in [2.75, 3.05) is 14.2 Å². The van der Waals surface area contributed by atoms with Gasteiger partial charge in [0, 0.05) is 17.6 Å². The quantitative estimate of drug-likeness (QED) is 0.686. The highest BCUT2D eigenvalue weighted by molar-refractivity contribution is 7.13. The topological polar surface area (TPSA) is 48.4 Å². The first-order chi connectivity index (χ1) is 10.7. The molecule has 0 saturated heterocycles. The number of carbonyl (C=O) groups excluding carboxylic acids is 1. The molecule has 1 aromatic heterocycles. The maximum absolute atomic E-state index is 12.7. The molecule has 0 aliphatic carbocycles. The smallest absolute Gasteiger partial charge is 0.152 e. The number of hydrogen-bond acceptors (Lipinski definition) is 5. The minimum atomic E-state index is -0.556. The molecule has 22 heavy (non-hydrogen) atoms. The van der Waals surface area contributed by atoms with Gasteiger partial charge in [0.15, 0.2) is 6.29 Å². The molecular weight excluding hydrogens is 305 g/mol. The maximum atomic E-state index is 12.7. The van der Waals surface area contributed by atoms with Crippen LogP contribution < -0.4 is 9.47 Å². The van der Waals surface area contributed by atoms with Crippen molar-refractivity contribution >= 4 is 27.9 Å². The van der Waals surface area contributed by atoms with Gasteiger partial charge >= 0.3 is 0 Å². The van der Waals surface area contributed by atoms with Gasteiger partial charge in [0.25, 0.3) is 0 Å². The first kappa shape index (κ1) is 15.9. The number of nitrogens with zero attached hydrogens (tertiary/aromatic N) is 1. The van der Waals surface area contributed by atoms with E-state index in [1.165, 1.54) is 46.9 Å². The van der Waals surface area contributed by atoms with Gasteiger partial charge in [0.1, 0.15) is 17.3 Å². The standard InChI is InChI=1S/C8H7FO2.C8H7NOS/c1-11-7-3-2-6(5-10)8(9)4-7;1-10-7-3-2-6-5-9-11-8(6)4-7/h2*2-5H,1H3. The number of ether oxygens (including phenoxy) is 2. The van der Waals surface area contributed by atoms with Gasteiger partial charge in [-0.3, -0.25) is 4.79 Å². The predicted octanol–water partition coefficient (Wildman–Crippen LogP) is 3.95. The fraction of sp³-hybridized carbons (Fsp3) is 0.125. The zero-order chi connectivity index (χ0) is 15.9. The summed E-state index contributed by atoms with van der Waals surface area (Å²) >= 11 is 1.49. The number of fused-ring (bicyclic) bond motifs is 1. The average molecular weight is 319 g/mol. The summed E-state index contributed by atoms with van der Waals surface area (Å²) in [5, 5.41) is 1.18. The van der Waals surface area contributed by atoms with Crippen LogP contribution in [0.5, 0.6) is 11.5 Å². The van der Waals surface area contributed by atoms with Gasteiger partial charge in [-0.1, -0.05) is 0 Å². The minimum absolute atomic E-state index is 0.0470. The molecule has 114 valence electrons. The second-order valence-corrected chi connectivity index (χ2v) is 5.07. The Balaban J connectivity index is 0.000000160. The van der Waals surface area contributed by atoms with Crippen LogP contribution in [0.3, 0.4) is 0 Å². The molecule has 2 aromatic carbocycles. The normalized spacial score (nSPS) is 9.77. The molecule has 0 unspecified atom stereocenters. The molecule has 6 heteroatoms. The lowest BCUT2D eigenvalue weighted by molar-refractivity contribution is 0.112. The van der Waals surface area contributed by atoms with Crippen molar-refractivity contribution in [2.24, 2.45) is 0 Å². The highest BCUT2D eigenvalue weighted by Crippen LogP contribution is 2.22. The van der Waals surface area contributed by atoms with E-state index >= 15 is 0 Å². The molecule has 1 heterocycles. The zero-order valence-electron chi connectivity index (χ0n) is 12.1. The fourth-order valence-electron chi connectivity index (χ4n) is 1.70. The van der Waals surface area contributed by atoms with Crippen molar-refractivity contribution in [3.05, 3.63) is 54.0 Å². The highest BCUT2D eigenvalue weighted by Gasteiger charge is 2.01. The molecule has 0 amide bonds. The summed E-state index contributed by atoms with van der Waals surface area (Å²) in [6, 6.07) is 10.0. The monoisotopic (exact) mass is 319 g/mol.